The fourth-order valence-corrected chi connectivity index (χ4v) is 4.34. The van der Waals surface area contributed by atoms with E-state index in [0.29, 0.717) is 11.6 Å². The lowest BCUT2D eigenvalue weighted by atomic mass is 10.2. The van der Waals surface area contributed by atoms with Gasteiger partial charge in [-0.25, -0.2) is 9.37 Å². The number of benzene rings is 1. The van der Waals surface area contributed by atoms with Crippen LogP contribution in [-0.2, 0) is 7.05 Å². The highest BCUT2D eigenvalue weighted by Crippen LogP contribution is 2.36. The molecule has 1 unspecified atom stereocenters. The maximum atomic E-state index is 13.6. The Kier molecular flexibility index (Phi) is 3.89. The molecule has 4 heterocycles. The largest absolute Gasteiger partial charge is 0.365 e. The van der Waals surface area contributed by atoms with Crippen LogP contribution in [-0.4, -0.2) is 39.7 Å². The van der Waals surface area contributed by atoms with Crippen LogP contribution in [0.2, 0.25) is 0 Å². The first-order valence-electron chi connectivity index (χ1n) is 9.37. The van der Waals surface area contributed by atoms with Crippen molar-refractivity contribution in [2.45, 2.75) is 18.5 Å². The van der Waals surface area contributed by atoms with Gasteiger partial charge in [0.15, 0.2) is 0 Å². The molecule has 3 aromatic rings. The molecule has 1 aromatic carbocycles. The molecule has 5 rings (SSSR count). The van der Waals surface area contributed by atoms with Crippen LogP contribution in [0, 0.1) is 5.82 Å². The number of halogens is 1. The van der Waals surface area contributed by atoms with Crippen molar-refractivity contribution in [3.63, 3.8) is 0 Å². The Hall–Kier alpha value is -3.22. The van der Waals surface area contributed by atoms with Crippen molar-refractivity contribution < 1.29 is 4.39 Å². The minimum absolute atomic E-state index is 0.0819. The number of hydrogen-bond acceptors (Lipinski definition) is 5. The molecule has 0 radical (unpaired) electrons. The Labute approximate surface area is 161 Å². The highest BCUT2D eigenvalue weighted by molar-refractivity contribution is 5.61. The van der Waals surface area contributed by atoms with Crippen molar-refractivity contribution >= 4 is 11.6 Å². The van der Waals surface area contributed by atoms with Crippen molar-refractivity contribution in [3.8, 4) is 11.3 Å². The maximum absolute atomic E-state index is 13.6. The van der Waals surface area contributed by atoms with Gasteiger partial charge in [-0.3, -0.25) is 14.3 Å². The third kappa shape index (κ3) is 2.74. The number of pyridine rings is 1. The molecule has 2 saturated heterocycles. The van der Waals surface area contributed by atoms with Crippen LogP contribution in [0.1, 0.15) is 6.42 Å². The van der Waals surface area contributed by atoms with E-state index in [9.17, 15) is 9.18 Å². The normalized spacial score (nSPS) is 20.8. The van der Waals surface area contributed by atoms with Gasteiger partial charge in [-0.1, -0.05) is 6.07 Å². The van der Waals surface area contributed by atoms with Crippen LogP contribution in [0.3, 0.4) is 0 Å². The molecule has 28 heavy (non-hydrogen) atoms. The first kappa shape index (κ1) is 16.9. The average Bonchev–Trinajstić information content (AvgIpc) is 3.31. The fraction of sp³-hybridized carbons (Fsp3) is 0.286. The van der Waals surface area contributed by atoms with Crippen LogP contribution in [0.25, 0.3) is 11.3 Å². The van der Waals surface area contributed by atoms with Gasteiger partial charge in [-0.05, 0) is 36.8 Å². The second kappa shape index (κ2) is 6.44. The Morgan fingerprint density at radius 1 is 1.04 bits per heavy atom. The lowest BCUT2D eigenvalue weighted by Gasteiger charge is -2.36. The molecule has 2 fully saturated rings. The monoisotopic (exact) mass is 377 g/mol. The van der Waals surface area contributed by atoms with E-state index in [2.05, 4.69) is 14.8 Å². The Morgan fingerprint density at radius 3 is 2.50 bits per heavy atom. The summed E-state index contributed by atoms with van der Waals surface area (Å²) in [7, 11) is 1.76. The van der Waals surface area contributed by atoms with Gasteiger partial charge < -0.3 is 9.80 Å². The van der Waals surface area contributed by atoms with Crippen molar-refractivity contribution in [3.05, 3.63) is 71.0 Å². The van der Waals surface area contributed by atoms with Gasteiger partial charge in [-0.2, -0.15) is 0 Å². The van der Waals surface area contributed by atoms with Crippen LogP contribution >= 0.6 is 0 Å². The highest BCUT2D eigenvalue weighted by Gasteiger charge is 2.44. The summed E-state index contributed by atoms with van der Waals surface area (Å²) in [5.41, 5.74) is 2.37. The summed E-state index contributed by atoms with van der Waals surface area (Å²) < 4.78 is 15.2. The lowest BCUT2D eigenvalue weighted by Crippen LogP contribution is -2.48. The number of piperazine rings is 1. The van der Waals surface area contributed by atoms with Crippen molar-refractivity contribution in [1.82, 2.24) is 14.5 Å². The Morgan fingerprint density at radius 2 is 1.79 bits per heavy atom. The van der Waals surface area contributed by atoms with E-state index < -0.39 is 0 Å². The summed E-state index contributed by atoms with van der Waals surface area (Å²) in [6.45, 7) is 1.56. The fourth-order valence-electron chi connectivity index (χ4n) is 4.34. The quantitative estimate of drug-likeness (QED) is 0.702. The smallest absolute Gasteiger partial charge is 0.255 e. The summed E-state index contributed by atoms with van der Waals surface area (Å²) in [4.78, 5) is 25.9. The van der Waals surface area contributed by atoms with Crippen LogP contribution in [0.5, 0.6) is 0 Å². The number of nitrogens with zero attached hydrogens (tertiary/aromatic N) is 5. The molecular weight excluding hydrogens is 357 g/mol. The molecule has 0 amide bonds. The average molecular weight is 377 g/mol. The molecule has 0 N–H and O–H groups in total. The van der Waals surface area contributed by atoms with Gasteiger partial charge in [-0.15, -0.1) is 0 Å². The second-order valence-electron chi connectivity index (χ2n) is 7.40. The van der Waals surface area contributed by atoms with Crippen LogP contribution in [0.4, 0.5) is 16.0 Å². The molecule has 0 aliphatic carbocycles. The van der Waals surface area contributed by atoms with E-state index in [0.717, 1.165) is 30.8 Å². The third-order valence-electron chi connectivity index (χ3n) is 5.72. The SMILES string of the molecule is Cn1c(N2CC3C[C@H]2CN3c2cccc(F)c2)nc(-c2ccncc2)cc1=O. The van der Waals surface area contributed by atoms with Gasteiger partial charge in [0.05, 0.1) is 11.7 Å². The number of rotatable bonds is 3. The van der Waals surface area contributed by atoms with Crippen molar-refractivity contribution in [1.29, 1.82) is 0 Å². The summed E-state index contributed by atoms with van der Waals surface area (Å²) >= 11 is 0. The van der Waals surface area contributed by atoms with Crippen molar-refractivity contribution in [2.24, 2.45) is 7.05 Å². The van der Waals surface area contributed by atoms with Gasteiger partial charge in [0.2, 0.25) is 5.95 Å². The first-order chi connectivity index (χ1) is 13.6. The molecule has 2 aliphatic rings. The number of hydrogen-bond donors (Lipinski definition) is 0. The molecule has 6 nitrogen and oxygen atoms in total. The lowest BCUT2D eigenvalue weighted by molar-refractivity contribution is 0.606. The molecule has 142 valence electrons. The van der Waals surface area contributed by atoms with E-state index in [1.165, 1.54) is 6.07 Å². The highest BCUT2D eigenvalue weighted by atomic mass is 19.1. The number of aromatic nitrogens is 3. The van der Waals surface area contributed by atoms with Gasteiger partial charge in [0, 0.05) is 55.9 Å². The molecule has 7 heteroatoms. The molecule has 2 atom stereocenters. The van der Waals surface area contributed by atoms with E-state index >= 15 is 0 Å². The van der Waals surface area contributed by atoms with Crippen LogP contribution < -0.4 is 15.4 Å². The molecular formula is C21H20FN5O. The topological polar surface area (TPSA) is 54.3 Å². The van der Waals surface area contributed by atoms with Crippen molar-refractivity contribution in [2.75, 3.05) is 22.9 Å². The first-order valence-corrected chi connectivity index (χ1v) is 9.37. The summed E-state index contributed by atoms with van der Waals surface area (Å²) in [6.07, 6.45) is 4.37. The zero-order valence-electron chi connectivity index (χ0n) is 15.5. The molecule has 2 bridgehead atoms. The Balaban J connectivity index is 1.46. The third-order valence-corrected chi connectivity index (χ3v) is 5.72. The second-order valence-corrected chi connectivity index (χ2v) is 7.40. The van der Waals surface area contributed by atoms with E-state index in [1.54, 1.807) is 42.2 Å². The minimum atomic E-state index is -0.216. The molecule has 2 aromatic heterocycles. The summed E-state index contributed by atoms with van der Waals surface area (Å²) in [5, 5.41) is 0. The van der Waals surface area contributed by atoms with E-state index in [4.69, 9.17) is 4.98 Å². The standard InChI is InChI=1S/C21H20FN5O/c1-25-20(28)11-19(14-5-7-23-8-6-14)24-21(25)27-13-17-10-18(27)12-26(17)16-4-2-3-15(22)9-16/h2-9,11,17-18H,10,12-13H2,1H3/t17?,18-/m0/s1. The van der Waals surface area contributed by atoms with Gasteiger partial charge >= 0.3 is 0 Å². The zero-order valence-corrected chi connectivity index (χ0v) is 15.5. The van der Waals surface area contributed by atoms with Gasteiger partial charge in [0.1, 0.15) is 5.82 Å². The number of fused-ring (bicyclic) bond motifs is 2. The molecule has 2 aliphatic heterocycles. The number of anilines is 2. The summed E-state index contributed by atoms with van der Waals surface area (Å²) in [6, 6.07) is 12.6. The predicted molar refractivity (Wildman–Crippen MR) is 106 cm³/mol. The maximum Gasteiger partial charge on any atom is 0.255 e. The van der Waals surface area contributed by atoms with E-state index in [-0.39, 0.29) is 23.5 Å². The minimum Gasteiger partial charge on any atom is -0.365 e. The van der Waals surface area contributed by atoms with Gasteiger partial charge in [0.25, 0.3) is 5.56 Å². The van der Waals surface area contributed by atoms with Crippen LogP contribution in [0.15, 0.2) is 59.7 Å². The molecule has 0 spiro atoms. The summed E-state index contributed by atoms with van der Waals surface area (Å²) in [5.74, 6) is 0.469. The molecule has 0 saturated carbocycles. The van der Waals surface area contributed by atoms with E-state index in [1.807, 2.05) is 18.2 Å². The zero-order chi connectivity index (χ0) is 19.3. The Bertz CT molecular complexity index is 1080. The predicted octanol–water partition coefficient (Wildman–Crippen LogP) is 2.45.